The maximum Gasteiger partial charge on any atom is 0.347 e. The molecule has 5 rings (SSSR count). The first kappa shape index (κ1) is 28.9. The molecular weight excluding hydrogens is 697 g/mol. The number of esters is 1. The molecule has 0 saturated carbocycles. The topological polar surface area (TPSA) is 92.8 Å². The number of para-hydroxylation sites is 1. The molecule has 0 bridgehead atoms. The lowest BCUT2D eigenvalue weighted by atomic mass is 10.0. The second kappa shape index (κ2) is 12.5. The Bertz CT molecular complexity index is 1840. The van der Waals surface area contributed by atoms with Gasteiger partial charge >= 0.3 is 5.97 Å². The fraction of sp³-hybridized carbons (Fsp3) is 0.0333. The minimum absolute atomic E-state index is 0.150. The van der Waals surface area contributed by atoms with Crippen LogP contribution < -0.4 is 14.9 Å². The number of nitrogens with one attached hydrogen (secondary N) is 2. The number of aromatic amines is 1. The summed E-state index contributed by atoms with van der Waals surface area (Å²) in [6.07, 6.45) is 1.38. The van der Waals surface area contributed by atoms with E-state index in [1.807, 2.05) is 42.5 Å². The lowest BCUT2D eigenvalue weighted by Gasteiger charge is -2.12. The number of rotatable bonds is 7. The third-order valence-corrected chi connectivity index (χ3v) is 7.67. The first-order valence-corrected chi connectivity index (χ1v) is 14.3. The van der Waals surface area contributed by atoms with Crippen LogP contribution >= 0.6 is 55.1 Å². The molecule has 0 unspecified atom stereocenters. The third-order valence-electron chi connectivity index (χ3n) is 6.06. The summed E-state index contributed by atoms with van der Waals surface area (Å²) in [6, 6.07) is 22.9. The SMILES string of the molecule is COc1ccc(Cl)cc1C(=O)Oc1c(Br)cc(Br)cc1C=NNC(=O)c1[nH]c2ccccc2c1-c1ccccc1Cl. The molecule has 0 aliphatic carbocycles. The number of hydrogen-bond donors (Lipinski definition) is 2. The van der Waals surface area contributed by atoms with Gasteiger partial charge in [-0.25, -0.2) is 10.2 Å². The zero-order chi connectivity index (χ0) is 29.1. The highest BCUT2D eigenvalue weighted by Crippen LogP contribution is 2.37. The molecule has 5 aromatic rings. The molecule has 11 heteroatoms. The highest BCUT2D eigenvalue weighted by Gasteiger charge is 2.22. The van der Waals surface area contributed by atoms with Crippen LogP contribution in [0.5, 0.6) is 11.5 Å². The van der Waals surface area contributed by atoms with Crippen LogP contribution in [0.2, 0.25) is 10.0 Å². The number of nitrogens with zero attached hydrogens (tertiary/aromatic N) is 1. The van der Waals surface area contributed by atoms with Crippen molar-refractivity contribution in [3.63, 3.8) is 0 Å². The Kier molecular flexibility index (Phi) is 8.79. The number of carbonyl (C=O) groups is 2. The zero-order valence-electron chi connectivity index (χ0n) is 21.2. The Morgan fingerprint density at radius 2 is 1.73 bits per heavy atom. The molecule has 41 heavy (non-hydrogen) atoms. The van der Waals surface area contributed by atoms with Crippen LogP contribution in [0, 0.1) is 0 Å². The predicted octanol–water partition coefficient (Wildman–Crippen LogP) is 8.66. The number of benzene rings is 4. The molecule has 0 aliphatic rings. The van der Waals surface area contributed by atoms with E-state index < -0.39 is 11.9 Å². The summed E-state index contributed by atoms with van der Waals surface area (Å²) < 4.78 is 12.2. The maximum absolute atomic E-state index is 13.4. The monoisotopic (exact) mass is 713 g/mol. The summed E-state index contributed by atoms with van der Waals surface area (Å²) in [7, 11) is 1.45. The molecule has 0 fully saturated rings. The highest BCUT2D eigenvalue weighted by atomic mass is 79.9. The predicted molar refractivity (Wildman–Crippen MR) is 169 cm³/mol. The van der Waals surface area contributed by atoms with Crippen molar-refractivity contribution in [3.05, 3.63) is 115 Å². The Hall–Kier alpha value is -3.63. The number of halogens is 4. The number of hydrazone groups is 1. The molecule has 1 amide bonds. The van der Waals surface area contributed by atoms with E-state index in [2.05, 4.69) is 47.4 Å². The van der Waals surface area contributed by atoms with E-state index in [1.165, 1.54) is 19.4 Å². The molecule has 0 atom stereocenters. The Labute approximate surface area is 261 Å². The van der Waals surface area contributed by atoms with Crippen molar-refractivity contribution in [3.8, 4) is 22.6 Å². The van der Waals surface area contributed by atoms with Crippen molar-refractivity contribution >= 4 is 84.1 Å². The van der Waals surface area contributed by atoms with Crippen molar-refractivity contribution in [1.82, 2.24) is 10.4 Å². The second-order valence-corrected chi connectivity index (χ2v) is 11.3. The summed E-state index contributed by atoms with van der Waals surface area (Å²) in [5, 5.41) is 5.87. The average Bonchev–Trinajstić information content (AvgIpc) is 3.34. The van der Waals surface area contributed by atoms with Crippen LogP contribution in [0.1, 0.15) is 26.4 Å². The van der Waals surface area contributed by atoms with Crippen molar-refractivity contribution in [1.29, 1.82) is 0 Å². The Morgan fingerprint density at radius 3 is 2.51 bits per heavy atom. The molecule has 0 aliphatic heterocycles. The van der Waals surface area contributed by atoms with Crippen LogP contribution in [0.25, 0.3) is 22.0 Å². The first-order valence-electron chi connectivity index (χ1n) is 12.0. The minimum Gasteiger partial charge on any atom is -0.496 e. The quantitative estimate of drug-likeness (QED) is 0.0764. The Balaban J connectivity index is 1.45. The molecule has 0 saturated heterocycles. The molecule has 1 heterocycles. The maximum atomic E-state index is 13.4. The highest BCUT2D eigenvalue weighted by molar-refractivity contribution is 9.11. The van der Waals surface area contributed by atoms with E-state index >= 15 is 0 Å². The van der Waals surface area contributed by atoms with Crippen molar-refractivity contribution in [2.75, 3.05) is 7.11 Å². The molecule has 206 valence electrons. The molecule has 1 aromatic heterocycles. The normalized spacial score (nSPS) is 11.1. The van der Waals surface area contributed by atoms with Gasteiger partial charge in [-0.1, -0.05) is 75.5 Å². The van der Waals surface area contributed by atoms with Crippen LogP contribution in [0.3, 0.4) is 0 Å². The fourth-order valence-electron chi connectivity index (χ4n) is 4.24. The zero-order valence-corrected chi connectivity index (χ0v) is 25.9. The Morgan fingerprint density at radius 1 is 0.976 bits per heavy atom. The van der Waals surface area contributed by atoms with Crippen LogP contribution in [0.15, 0.2) is 92.9 Å². The molecule has 0 spiro atoms. The summed E-state index contributed by atoms with van der Waals surface area (Å²) in [4.78, 5) is 29.6. The van der Waals surface area contributed by atoms with Gasteiger partial charge < -0.3 is 14.5 Å². The van der Waals surface area contributed by atoms with E-state index in [9.17, 15) is 9.59 Å². The van der Waals surface area contributed by atoms with Gasteiger partial charge in [0.1, 0.15) is 17.0 Å². The van der Waals surface area contributed by atoms with Gasteiger partial charge in [-0.15, -0.1) is 0 Å². The van der Waals surface area contributed by atoms with Gasteiger partial charge in [0, 0.05) is 42.1 Å². The number of hydrogen-bond acceptors (Lipinski definition) is 5. The lowest BCUT2D eigenvalue weighted by molar-refractivity contribution is 0.0729. The fourth-order valence-corrected chi connectivity index (χ4v) is 5.99. The smallest absolute Gasteiger partial charge is 0.347 e. The number of amides is 1. The van der Waals surface area contributed by atoms with E-state index in [-0.39, 0.29) is 11.3 Å². The number of carbonyl (C=O) groups excluding carboxylic acids is 2. The molecule has 7 nitrogen and oxygen atoms in total. The summed E-state index contributed by atoms with van der Waals surface area (Å²) >= 11 is 19.5. The molecule has 4 aromatic carbocycles. The van der Waals surface area contributed by atoms with Gasteiger partial charge in [0.25, 0.3) is 5.91 Å². The van der Waals surface area contributed by atoms with Crippen LogP contribution in [-0.2, 0) is 0 Å². The largest absolute Gasteiger partial charge is 0.496 e. The van der Waals surface area contributed by atoms with Gasteiger partial charge in [-0.05, 0) is 58.4 Å². The average molecular weight is 716 g/mol. The van der Waals surface area contributed by atoms with Crippen molar-refractivity contribution in [2.45, 2.75) is 0 Å². The number of ether oxygens (including phenoxy) is 2. The first-order chi connectivity index (χ1) is 19.8. The van der Waals surface area contributed by atoms with Crippen LogP contribution in [-0.4, -0.2) is 30.2 Å². The summed E-state index contributed by atoms with van der Waals surface area (Å²) in [6.45, 7) is 0. The number of H-pyrrole nitrogens is 1. The summed E-state index contributed by atoms with van der Waals surface area (Å²) in [5.74, 6) is -0.680. The lowest BCUT2D eigenvalue weighted by Crippen LogP contribution is -2.19. The molecule has 0 radical (unpaired) electrons. The van der Waals surface area contributed by atoms with E-state index in [0.717, 1.165) is 10.9 Å². The summed E-state index contributed by atoms with van der Waals surface area (Å²) in [5.41, 5.74) is 5.56. The van der Waals surface area contributed by atoms with Crippen molar-refractivity contribution < 1.29 is 19.1 Å². The van der Waals surface area contributed by atoms with Gasteiger partial charge in [0.05, 0.1) is 17.8 Å². The van der Waals surface area contributed by atoms with Crippen LogP contribution in [0.4, 0.5) is 0 Å². The second-order valence-electron chi connectivity index (χ2n) is 8.64. The third kappa shape index (κ3) is 6.18. The number of methoxy groups -OCH3 is 1. The number of fused-ring (bicyclic) bond motifs is 1. The van der Waals surface area contributed by atoms with E-state index in [0.29, 0.717) is 47.1 Å². The minimum atomic E-state index is -0.687. The molecular formula is C30H19Br2Cl2N3O4. The van der Waals surface area contributed by atoms with Gasteiger partial charge in [-0.2, -0.15) is 5.10 Å². The standard InChI is InChI=1S/C30H19Br2Cl2N3O4/c1-40-25-11-10-18(33)14-21(25)30(39)41-28-16(12-17(31)13-22(28)32)15-35-37-29(38)27-26(19-6-2-4-8-23(19)34)20-7-3-5-9-24(20)36-27/h2-15,36H,1H3,(H,37,38). The van der Waals surface area contributed by atoms with Crippen molar-refractivity contribution in [2.24, 2.45) is 5.10 Å². The molecule has 2 N–H and O–H groups in total. The number of aromatic nitrogens is 1. The van der Waals surface area contributed by atoms with E-state index in [1.54, 1.807) is 30.3 Å². The van der Waals surface area contributed by atoms with E-state index in [4.69, 9.17) is 32.7 Å². The van der Waals surface area contributed by atoms with Gasteiger partial charge in [0.15, 0.2) is 5.75 Å². The van der Waals surface area contributed by atoms with Gasteiger partial charge in [-0.3, -0.25) is 4.79 Å². The van der Waals surface area contributed by atoms with Gasteiger partial charge in [0.2, 0.25) is 0 Å².